The van der Waals surface area contributed by atoms with Gasteiger partial charge in [0.15, 0.2) is 5.88 Å². The molecule has 0 saturated heterocycles. The molecule has 0 aliphatic rings. The van der Waals surface area contributed by atoms with Crippen LogP contribution in [0.2, 0.25) is 0 Å². The Balaban J connectivity index is 1.95. The van der Waals surface area contributed by atoms with E-state index >= 15 is 0 Å². The van der Waals surface area contributed by atoms with Gasteiger partial charge in [0, 0.05) is 11.8 Å². The van der Waals surface area contributed by atoms with Crippen molar-refractivity contribution in [2.75, 3.05) is 5.32 Å². The van der Waals surface area contributed by atoms with Crippen LogP contribution < -0.4 is 5.32 Å². The first-order valence-electron chi connectivity index (χ1n) is 7.37. The predicted octanol–water partition coefficient (Wildman–Crippen LogP) is 3.85. The SMILES string of the molecule is O=CC(c1ccccc1)c1ccccc1Nc1ccc(CO)o1. The van der Waals surface area contributed by atoms with Crippen LogP contribution in [0.3, 0.4) is 0 Å². The summed E-state index contributed by atoms with van der Waals surface area (Å²) in [6.07, 6.45) is 0.942. The molecule has 1 heterocycles. The van der Waals surface area contributed by atoms with Gasteiger partial charge in [-0.15, -0.1) is 0 Å². The largest absolute Gasteiger partial charge is 0.443 e. The number of carbonyl (C=O) groups excluding carboxylic acids is 1. The van der Waals surface area contributed by atoms with Crippen molar-refractivity contribution < 1.29 is 14.3 Å². The second kappa shape index (κ2) is 6.94. The summed E-state index contributed by atoms with van der Waals surface area (Å²) in [7, 11) is 0. The zero-order valence-corrected chi connectivity index (χ0v) is 12.5. The van der Waals surface area contributed by atoms with Gasteiger partial charge < -0.3 is 19.6 Å². The monoisotopic (exact) mass is 307 g/mol. The highest BCUT2D eigenvalue weighted by Gasteiger charge is 2.17. The van der Waals surface area contributed by atoms with Gasteiger partial charge in [-0.2, -0.15) is 0 Å². The summed E-state index contributed by atoms with van der Waals surface area (Å²) in [5.74, 6) is 0.659. The molecular weight excluding hydrogens is 290 g/mol. The fourth-order valence-corrected chi connectivity index (χ4v) is 2.54. The maximum Gasteiger partial charge on any atom is 0.197 e. The fourth-order valence-electron chi connectivity index (χ4n) is 2.54. The summed E-state index contributed by atoms with van der Waals surface area (Å²) in [5.41, 5.74) is 2.61. The average molecular weight is 307 g/mol. The molecule has 3 aromatic rings. The van der Waals surface area contributed by atoms with E-state index in [1.54, 1.807) is 12.1 Å². The van der Waals surface area contributed by atoms with E-state index in [1.165, 1.54) is 0 Å². The molecule has 1 atom stereocenters. The molecule has 0 fully saturated rings. The van der Waals surface area contributed by atoms with Crippen molar-refractivity contribution in [2.24, 2.45) is 0 Å². The normalized spacial score (nSPS) is 11.9. The van der Waals surface area contributed by atoms with Crippen molar-refractivity contribution in [3.05, 3.63) is 83.6 Å². The Morgan fingerprint density at radius 3 is 2.43 bits per heavy atom. The number of nitrogens with one attached hydrogen (secondary N) is 1. The number of hydrogen-bond acceptors (Lipinski definition) is 4. The van der Waals surface area contributed by atoms with Crippen molar-refractivity contribution in [3.8, 4) is 0 Å². The van der Waals surface area contributed by atoms with Crippen LogP contribution in [0.1, 0.15) is 22.8 Å². The quantitative estimate of drug-likeness (QED) is 0.679. The van der Waals surface area contributed by atoms with Crippen LogP contribution in [0.15, 0.2) is 71.1 Å². The van der Waals surface area contributed by atoms with E-state index < -0.39 is 0 Å². The van der Waals surface area contributed by atoms with Crippen LogP contribution in [0, 0.1) is 0 Å². The number of anilines is 2. The van der Waals surface area contributed by atoms with E-state index in [0.29, 0.717) is 11.6 Å². The summed E-state index contributed by atoms with van der Waals surface area (Å²) in [6.45, 7) is -0.149. The van der Waals surface area contributed by atoms with E-state index in [4.69, 9.17) is 9.52 Å². The van der Waals surface area contributed by atoms with E-state index in [1.807, 2.05) is 54.6 Å². The smallest absolute Gasteiger partial charge is 0.197 e. The molecule has 2 aromatic carbocycles. The Bertz CT molecular complexity index is 780. The Labute approximate surface area is 134 Å². The highest BCUT2D eigenvalue weighted by atomic mass is 16.4. The maximum atomic E-state index is 11.7. The second-order valence-corrected chi connectivity index (χ2v) is 5.16. The lowest BCUT2D eigenvalue weighted by atomic mass is 9.91. The molecule has 4 heteroatoms. The molecule has 0 bridgehead atoms. The maximum absolute atomic E-state index is 11.7. The first-order chi connectivity index (χ1) is 11.3. The molecular formula is C19H17NO3. The Hall–Kier alpha value is -2.85. The van der Waals surface area contributed by atoms with Gasteiger partial charge in [0.1, 0.15) is 18.7 Å². The molecule has 23 heavy (non-hydrogen) atoms. The number of benzene rings is 2. The van der Waals surface area contributed by atoms with E-state index in [9.17, 15) is 4.79 Å². The topological polar surface area (TPSA) is 62.5 Å². The third-order valence-electron chi connectivity index (χ3n) is 3.67. The number of aliphatic hydroxyl groups is 1. The van der Waals surface area contributed by atoms with Gasteiger partial charge in [0.25, 0.3) is 0 Å². The number of furan rings is 1. The lowest BCUT2D eigenvalue weighted by Gasteiger charge is -2.16. The van der Waals surface area contributed by atoms with Crippen LogP contribution in [0.25, 0.3) is 0 Å². The minimum atomic E-state index is -0.354. The van der Waals surface area contributed by atoms with Crippen LogP contribution in [-0.4, -0.2) is 11.4 Å². The standard InChI is InChI=1S/C19H17NO3/c21-12-15-10-11-19(23-15)20-18-9-5-4-8-16(18)17(13-22)14-6-2-1-3-7-14/h1-11,13,17,20-21H,12H2. The molecule has 0 radical (unpaired) electrons. The molecule has 1 aromatic heterocycles. The summed E-state index contributed by atoms with van der Waals surface area (Å²) in [4.78, 5) is 11.7. The molecule has 1 unspecified atom stereocenters. The lowest BCUT2D eigenvalue weighted by Crippen LogP contribution is -2.05. The summed E-state index contributed by atoms with van der Waals surface area (Å²) in [6, 6.07) is 20.7. The number of hydrogen-bond donors (Lipinski definition) is 2. The molecule has 0 saturated carbocycles. The minimum Gasteiger partial charge on any atom is -0.443 e. The summed E-state index contributed by atoms with van der Waals surface area (Å²) in [5, 5.41) is 12.3. The number of carbonyl (C=O) groups is 1. The van der Waals surface area contributed by atoms with Crippen LogP contribution in [0.5, 0.6) is 0 Å². The molecule has 4 nitrogen and oxygen atoms in total. The average Bonchev–Trinajstić information content (AvgIpc) is 3.06. The van der Waals surface area contributed by atoms with Gasteiger partial charge in [-0.1, -0.05) is 48.5 Å². The van der Waals surface area contributed by atoms with Crippen LogP contribution in [0.4, 0.5) is 11.6 Å². The molecule has 2 N–H and O–H groups in total. The zero-order chi connectivity index (χ0) is 16.1. The Morgan fingerprint density at radius 2 is 1.74 bits per heavy atom. The molecule has 0 aliphatic heterocycles. The molecule has 0 spiro atoms. The van der Waals surface area contributed by atoms with Gasteiger partial charge >= 0.3 is 0 Å². The first-order valence-corrected chi connectivity index (χ1v) is 7.37. The molecule has 3 rings (SSSR count). The van der Waals surface area contributed by atoms with Gasteiger partial charge in [0.2, 0.25) is 0 Å². The van der Waals surface area contributed by atoms with Gasteiger partial charge in [-0.3, -0.25) is 0 Å². The minimum absolute atomic E-state index is 0.149. The Kier molecular flexibility index (Phi) is 4.54. The number of para-hydroxylation sites is 1. The molecule has 116 valence electrons. The highest BCUT2D eigenvalue weighted by Crippen LogP contribution is 2.31. The molecule has 0 amide bonds. The van der Waals surface area contributed by atoms with Gasteiger partial charge in [-0.05, 0) is 23.3 Å². The fraction of sp³-hybridized carbons (Fsp3) is 0.105. The first kappa shape index (κ1) is 15.1. The number of aldehydes is 1. The van der Waals surface area contributed by atoms with E-state index in [-0.39, 0.29) is 12.5 Å². The predicted molar refractivity (Wildman–Crippen MR) is 88.7 cm³/mol. The lowest BCUT2D eigenvalue weighted by molar-refractivity contribution is -0.108. The third kappa shape index (κ3) is 3.33. The van der Waals surface area contributed by atoms with Gasteiger partial charge in [0.05, 0.1) is 5.92 Å². The van der Waals surface area contributed by atoms with E-state index in [2.05, 4.69) is 5.32 Å². The van der Waals surface area contributed by atoms with Crippen molar-refractivity contribution in [3.63, 3.8) is 0 Å². The summed E-state index contributed by atoms with van der Waals surface area (Å²) >= 11 is 0. The van der Waals surface area contributed by atoms with E-state index in [0.717, 1.165) is 23.1 Å². The second-order valence-electron chi connectivity index (χ2n) is 5.16. The van der Waals surface area contributed by atoms with Crippen LogP contribution in [-0.2, 0) is 11.4 Å². The Morgan fingerprint density at radius 1 is 1.00 bits per heavy atom. The number of rotatable bonds is 6. The zero-order valence-electron chi connectivity index (χ0n) is 12.5. The van der Waals surface area contributed by atoms with Crippen molar-refractivity contribution in [1.82, 2.24) is 0 Å². The highest BCUT2D eigenvalue weighted by molar-refractivity contribution is 5.74. The van der Waals surface area contributed by atoms with Gasteiger partial charge in [-0.25, -0.2) is 0 Å². The van der Waals surface area contributed by atoms with Crippen molar-refractivity contribution in [2.45, 2.75) is 12.5 Å². The third-order valence-corrected chi connectivity index (χ3v) is 3.67. The summed E-state index contributed by atoms with van der Waals surface area (Å²) < 4.78 is 5.46. The van der Waals surface area contributed by atoms with Crippen LogP contribution >= 0.6 is 0 Å². The number of aliphatic hydroxyl groups excluding tert-OH is 1. The van der Waals surface area contributed by atoms with Crippen molar-refractivity contribution in [1.29, 1.82) is 0 Å². The van der Waals surface area contributed by atoms with Crippen molar-refractivity contribution >= 4 is 17.9 Å². The molecule has 0 aliphatic carbocycles.